The first kappa shape index (κ1) is 11.6. The monoisotopic (exact) mass is 241 g/mol. The molecule has 1 heterocycles. The molecule has 0 spiro atoms. The minimum atomic E-state index is -3.37. The predicted molar refractivity (Wildman–Crippen MR) is 60.9 cm³/mol. The van der Waals surface area contributed by atoms with E-state index in [1.807, 2.05) is 0 Å². The van der Waals surface area contributed by atoms with Gasteiger partial charge in [-0.2, -0.15) is 0 Å². The lowest BCUT2D eigenvalue weighted by molar-refractivity contribution is 0.114. The van der Waals surface area contributed by atoms with Crippen molar-refractivity contribution in [1.29, 1.82) is 0 Å². The van der Waals surface area contributed by atoms with Gasteiger partial charge in [0.25, 0.3) is 0 Å². The zero-order chi connectivity index (χ0) is 11.6. The molecule has 16 heavy (non-hydrogen) atoms. The zero-order valence-electron chi connectivity index (χ0n) is 8.83. The zero-order valence-corrected chi connectivity index (χ0v) is 9.65. The summed E-state index contributed by atoms with van der Waals surface area (Å²) in [6, 6.07) is 8.16. The molecule has 2 rings (SSSR count). The van der Waals surface area contributed by atoms with Gasteiger partial charge >= 0.3 is 0 Å². The molecule has 0 radical (unpaired) electrons. The van der Waals surface area contributed by atoms with Gasteiger partial charge in [0.05, 0.1) is 16.8 Å². The third kappa shape index (κ3) is 2.42. The summed E-state index contributed by atoms with van der Waals surface area (Å²) in [5, 5.41) is 12.7. The molecule has 1 aromatic rings. The maximum Gasteiger partial charge on any atom is 0.180 e. The van der Waals surface area contributed by atoms with Crippen LogP contribution in [-0.2, 0) is 9.84 Å². The Hall–Kier alpha value is -0.910. The highest BCUT2D eigenvalue weighted by atomic mass is 32.2. The molecule has 4 nitrogen and oxygen atoms in total. The van der Waals surface area contributed by atoms with Crippen LogP contribution < -0.4 is 5.32 Å². The molecule has 0 aromatic heterocycles. The lowest BCUT2D eigenvalue weighted by Crippen LogP contribution is -2.52. The van der Waals surface area contributed by atoms with Crippen molar-refractivity contribution in [2.45, 2.75) is 23.5 Å². The third-order valence-electron chi connectivity index (χ3n) is 2.82. The Morgan fingerprint density at radius 3 is 2.50 bits per heavy atom. The second-order valence-corrected chi connectivity index (χ2v) is 6.05. The highest BCUT2D eigenvalue weighted by molar-refractivity contribution is 7.91. The fourth-order valence-corrected chi connectivity index (χ4v) is 3.15. The lowest BCUT2D eigenvalue weighted by Gasteiger charge is -2.31. The normalized spacial score (nSPS) is 22.4. The minimum absolute atomic E-state index is 0.0708. The van der Waals surface area contributed by atoms with E-state index in [2.05, 4.69) is 5.32 Å². The standard InChI is InChI=1S/C11H15NO3S/c13-11(10-6-7-12-10)8-16(14,15)9-4-2-1-3-5-9/h1-5,10-13H,6-8H2/t10?,11-/m1/s1. The minimum Gasteiger partial charge on any atom is -0.390 e. The summed E-state index contributed by atoms with van der Waals surface area (Å²) in [7, 11) is -3.37. The molecule has 0 amide bonds. The highest BCUT2D eigenvalue weighted by Crippen LogP contribution is 2.15. The summed E-state index contributed by atoms with van der Waals surface area (Å²) < 4.78 is 23.8. The van der Waals surface area contributed by atoms with Crippen LogP contribution in [0, 0.1) is 0 Å². The molecule has 88 valence electrons. The van der Waals surface area contributed by atoms with Crippen LogP contribution >= 0.6 is 0 Å². The van der Waals surface area contributed by atoms with Crippen molar-refractivity contribution in [3.63, 3.8) is 0 Å². The first-order chi connectivity index (χ1) is 7.59. The van der Waals surface area contributed by atoms with E-state index in [0.717, 1.165) is 13.0 Å². The van der Waals surface area contributed by atoms with Crippen molar-refractivity contribution < 1.29 is 13.5 Å². The second-order valence-electron chi connectivity index (χ2n) is 4.01. The van der Waals surface area contributed by atoms with Gasteiger partial charge in [-0.1, -0.05) is 18.2 Å². The quantitative estimate of drug-likeness (QED) is 0.789. The van der Waals surface area contributed by atoms with Crippen molar-refractivity contribution in [3.8, 4) is 0 Å². The van der Waals surface area contributed by atoms with Gasteiger partial charge in [-0.05, 0) is 25.1 Å². The maximum absolute atomic E-state index is 11.9. The molecule has 1 aliphatic rings. The first-order valence-electron chi connectivity index (χ1n) is 5.29. The molecule has 0 saturated carbocycles. The van der Waals surface area contributed by atoms with Crippen LogP contribution in [0.3, 0.4) is 0 Å². The van der Waals surface area contributed by atoms with Crippen LogP contribution in [0.25, 0.3) is 0 Å². The molecule has 1 aromatic carbocycles. The van der Waals surface area contributed by atoms with Crippen LogP contribution in [0.5, 0.6) is 0 Å². The van der Waals surface area contributed by atoms with Gasteiger partial charge in [-0.25, -0.2) is 8.42 Å². The number of benzene rings is 1. The maximum atomic E-state index is 11.9. The van der Waals surface area contributed by atoms with Crippen molar-refractivity contribution in [3.05, 3.63) is 30.3 Å². The summed E-state index contributed by atoms with van der Waals surface area (Å²) >= 11 is 0. The van der Waals surface area contributed by atoms with E-state index in [9.17, 15) is 13.5 Å². The van der Waals surface area contributed by atoms with Gasteiger partial charge in [0.1, 0.15) is 0 Å². The molecule has 5 heteroatoms. The van der Waals surface area contributed by atoms with E-state index in [4.69, 9.17) is 0 Å². The average molecular weight is 241 g/mol. The summed E-state index contributed by atoms with van der Waals surface area (Å²) in [6.45, 7) is 0.854. The number of rotatable bonds is 4. The lowest BCUT2D eigenvalue weighted by atomic mass is 10.0. The summed E-state index contributed by atoms with van der Waals surface area (Å²) in [4.78, 5) is 0.272. The number of aliphatic hydroxyl groups excluding tert-OH is 1. The Morgan fingerprint density at radius 2 is 2.00 bits per heavy atom. The molecule has 0 bridgehead atoms. The van der Waals surface area contributed by atoms with Gasteiger partial charge in [-0.15, -0.1) is 0 Å². The number of sulfone groups is 1. The van der Waals surface area contributed by atoms with Crippen LogP contribution in [0.2, 0.25) is 0 Å². The number of hydrogen-bond acceptors (Lipinski definition) is 4. The fraction of sp³-hybridized carbons (Fsp3) is 0.455. The Bertz CT molecular complexity index is 440. The summed E-state index contributed by atoms with van der Waals surface area (Å²) in [5.74, 6) is -0.214. The number of aliphatic hydroxyl groups is 1. The van der Waals surface area contributed by atoms with Gasteiger partial charge in [0.15, 0.2) is 9.84 Å². The van der Waals surface area contributed by atoms with Crippen molar-refractivity contribution in [1.82, 2.24) is 5.32 Å². The van der Waals surface area contributed by atoms with Gasteiger partial charge in [-0.3, -0.25) is 0 Å². The summed E-state index contributed by atoms with van der Waals surface area (Å²) in [6.07, 6.45) is 0.0184. The van der Waals surface area contributed by atoms with Crippen molar-refractivity contribution >= 4 is 9.84 Å². The van der Waals surface area contributed by atoms with E-state index in [1.165, 1.54) is 0 Å². The molecule has 2 N–H and O–H groups in total. The van der Waals surface area contributed by atoms with Crippen LogP contribution in [0.1, 0.15) is 6.42 Å². The number of hydrogen-bond donors (Lipinski definition) is 2. The van der Waals surface area contributed by atoms with Crippen molar-refractivity contribution in [2.75, 3.05) is 12.3 Å². The van der Waals surface area contributed by atoms with Crippen LogP contribution in [0.15, 0.2) is 35.2 Å². The number of nitrogens with one attached hydrogen (secondary N) is 1. The molecular weight excluding hydrogens is 226 g/mol. The fourth-order valence-electron chi connectivity index (χ4n) is 1.70. The first-order valence-corrected chi connectivity index (χ1v) is 6.94. The Morgan fingerprint density at radius 1 is 1.38 bits per heavy atom. The Kier molecular flexibility index (Phi) is 3.28. The van der Waals surface area contributed by atoms with Crippen LogP contribution in [0.4, 0.5) is 0 Å². The Labute approximate surface area is 95.2 Å². The van der Waals surface area contributed by atoms with E-state index >= 15 is 0 Å². The smallest absolute Gasteiger partial charge is 0.180 e. The summed E-state index contributed by atoms with van der Waals surface area (Å²) in [5.41, 5.74) is 0. The van der Waals surface area contributed by atoms with Gasteiger partial charge in [0.2, 0.25) is 0 Å². The van der Waals surface area contributed by atoms with E-state index in [0.29, 0.717) is 0 Å². The van der Waals surface area contributed by atoms with E-state index < -0.39 is 15.9 Å². The molecule has 1 aliphatic heterocycles. The molecular formula is C11H15NO3S. The largest absolute Gasteiger partial charge is 0.390 e. The topological polar surface area (TPSA) is 66.4 Å². The average Bonchev–Trinajstić information content (AvgIpc) is 2.15. The Balaban J connectivity index is 2.08. The van der Waals surface area contributed by atoms with Gasteiger partial charge in [0, 0.05) is 6.04 Å². The highest BCUT2D eigenvalue weighted by Gasteiger charge is 2.29. The molecule has 0 aliphatic carbocycles. The second kappa shape index (κ2) is 4.53. The predicted octanol–water partition coefficient (Wildman–Crippen LogP) is 0.183. The SMILES string of the molecule is O=S(=O)(C[C@@H](O)C1CCN1)c1ccccc1. The van der Waals surface area contributed by atoms with Crippen molar-refractivity contribution in [2.24, 2.45) is 0 Å². The van der Waals surface area contributed by atoms with E-state index in [1.54, 1.807) is 30.3 Å². The molecule has 1 fully saturated rings. The van der Waals surface area contributed by atoms with E-state index in [-0.39, 0.29) is 16.7 Å². The molecule has 2 atom stereocenters. The van der Waals surface area contributed by atoms with Gasteiger partial charge < -0.3 is 10.4 Å². The molecule has 1 saturated heterocycles. The third-order valence-corrected chi connectivity index (χ3v) is 4.59. The van der Waals surface area contributed by atoms with Crippen LogP contribution in [-0.4, -0.2) is 38.0 Å². The molecule has 1 unspecified atom stereocenters.